The summed E-state index contributed by atoms with van der Waals surface area (Å²) in [5.41, 5.74) is 0.644. The van der Waals surface area contributed by atoms with Crippen LogP contribution in [0.15, 0.2) is 12.1 Å². The first-order chi connectivity index (χ1) is 8.52. The second-order valence-corrected chi connectivity index (χ2v) is 6.95. The quantitative estimate of drug-likeness (QED) is 0.469. The van der Waals surface area contributed by atoms with Gasteiger partial charge in [-0.15, -0.1) is 11.6 Å². The molecule has 0 radical (unpaired) electrons. The third-order valence-electron chi connectivity index (χ3n) is 2.78. The summed E-state index contributed by atoms with van der Waals surface area (Å²) in [6, 6.07) is 3.89. The van der Waals surface area contributed by atoms with E-state index in [1.54, 1.807) is 11.9 Å². The second-order valence-electron chi connectivity index (χ2n) is 4.17. The van der Waals surface area contributed by atoms with Gasteiger partial charge >= 0.3 is 0 Å². The van der Waals surface area contributed by atoms with Crippen molar-refractivity contribution in [1.82, 2.24) is 4.90 Å². The number of carbonyl (C=O) groups excluding carboxylic acids is 1. The van der Waals surface area contributed by atoms with E-state index in [2.05, 4.69) is 45.2 Å². The molecule has 6 heteroatoms. The number of ether oxygens (including phenoxy) is 1. The van der Waals surface area contributed by atoms with Gasteiger partial charge in [0, 0.05) is 16.5 Å². The number of hydrogen-bond acceptors (Lipinski definition) is 2. The molecule has 1 unspecified atom stereocenters. The van der Waals surface area contributed by atoms with Gasteiger partial charge in [0.1, 0.15) is 11.9 Å². The summed E-state index contributed by atoms with van der Waals surface area (Å²) in [6.45, 7) is 0.576. The summed E-state index contributed by atoms with van der Waals surface area (Å²) in [5, 5.41) is 0. The van der Waals surface area contributed by atoms with Crippen LogP contribution in [0, 0.1) is 7.14 Å². The molecular weight excluding hydrogens is 479 g/mol. The van der Waals surface area contributed by atoms with Crippen molar-refractivity contribution in [3.8, 4) is 5.75 Å². The number of alkyl halides is 1. The molecule has 1 aliphatic heterocycles. The minimum absolute atomic E-state index is 0.0125. The van der Waals surface area contributed by atoms with E-state index in [9.17, 15) is 4.79 Å². The lowest BCUT2D eigenvalue weighted by Crippen LogP contribution is -2.34. The topological polar surface area (TPSA) is 29.5 Å². The summed E-state index contributed by atoms with van der Waals surface area (Å²) >= 11 is 10.2. The highest BCUT2D eigenvalue weighted by atomic mass is 127. The van der Waals surface area contributed by atoms with Crippen molar-refractivity contribution in [3.63, 3.8) is 0 Å². The lowest BCUT2D eigenvalue weighted by Gasteiger charge is -2.19. The Morgan fingerprint density at radius 2 is 2.22 bits per heavy atom. The Labute approximate surface area is 138 Å². The van der Waals surface area contributed by atoms with Gasteiger partial charge in [-0.25, -0.2) is 0 Å². The number of nitrogens with zero attached hydrogens (tertiary/aromatic N) is 1. The monoisotopic (exact) mass is 491 g/mol. The predicted octanol–water partition coefficient (Wildman–Crippen LogP) is 3.36. The Morgan fingerprint density at radius 3 is 2.89 bits per heavy atom. The van der Waals surface area contributed by atoms with Crippen LogP contribution in [0.25, 0.3) is 0 Å². The average Bonchev–Trinajstić information content (AvgIpc) is 2.41. The minimum Gasteiger partial charge on any atom is -0.487 e. The van der Waals surface area contributed by atoms with Crippen LogP contribution in [0.2, 0.25) is 0 Å². The highest BCUT2D eigenvalue weighted by Gasteiger charge is 2.28. The van der Waals surface area contributed by atoms with E-state index in [0.717, 1.165) is 13.6 Å². The van der Waals surface area contributed by atoms with E-state index >= 15 is 0 Å². The van der Waals surface area contributed by atoms with Crippen molar-refractivity contribution < 1.29 is 9.53 Å². The minimum atomic E-state index is -0.0359. The van der Waals surface area contributed by atoms with Crippen molar-refractivity contribution in [2.75, 3.05) is 19.5 Å². The van der Waals surface area contributed by atoms with Crippen LogP contribution in [-0.2, 0) is 0 Å². The molecule has 18 heavy (non-hydrogen) atoms. The predicted molar refractivity (Wildman–Crippen MR) is 88.6 cm³/mol. The molecule has 2 rings (SSSR count). The first-order valence-electron chi connectivity index (χ1n) is 5.50. The van der Waals surface area contributed by atoms with E-state index in [1.807, 2.05) is 12.1 Å². The maximum atomic E-state index is 12.3. The van der Waals surface area contributed by atoms with Gasteiger partial charge in [0.05, 0.1) is 15.7 Å². The summed E-state index contributed by atoms with van der Waals surface area (Å²) < 4.78 is 7.98. The molecule has 98 valence electrons. The van der Waals surface area contributed by atoms with E-state index in [0.29, 0.717) is 23.7 Å². The molecule has 0 aliphatic carbocycles. The summed E-state index contributed by atoms with van der Waals surface area (Å²) in [7, 11) is 1.80. The molecular formula is C12H12ClI2NO2. The van der Waals surface area contributed by atoms with Crippen LogP contribution in [0.3, 0.4) is 0 Å². The molecule has 0 aromatic heterocycles. The lowest BCUT2D eigenvalue weighted by atomic mass is 10.2. The maximum Gasteiger partial charge on any atom is 0.257 e. The standard InChI is InChI=1S/C12H12ClI2NO2/c1-16-6-8(2-3-13)18-11-9(12(16)17)4-7(14)5-10(11)15/h4-5,8H,2-3,6H2,1H3. The molecule has 1 heterocycles. The van der Waals surface area contributed by atoms with E-state index in [1.165, 1.54) is 0 Å². The average molecular weight is 491 g/mol. The number of hydrogen-bond donors (Lipinski definition) is 0. The van der Waals surface area contributed by atoms with Crippen LogP contribution in [-0.4, -0.2) is 36.4 Å². The normalized spacial score (nSPS) is 19.2. The Balaban J connectivity index is 2.46. The zero-order valence-corrected chi connectivity index (χ0v) is 14.8. The highest BCUT2D eigenvalue weighted by molar-refractivity contribution is 14.1. The first-order valence-corrected chi connectivity index (χ1v) is 8.19. The van der Waals surface area contributed by atoms with Crippen molar-refractivity contribution in [3.05, 3.63) is 24.8 Å². The van der Waals surface area contributed by atoms with Crippen molar-refractivity contribution >= 4 is 62.7 Å². The number of rotatable bonds is 2. The molecule has 0 N–H and O–H groups in total. The molecule has 0 fully saturated rings. The van der Waals surface area contributed by atoms with Gasteiger partial charge in [-0.05, 0) is 63.7 Å². The van der Waals surface area contributed by atoms with Crippen LogP contribution in [0.5, 0.6) is 5.75 Å². The fraction of sp³-hybridized carbons (Fsp3) is 0.417. The summed E-state index contributed by atoms with van der Waals surface area (Å²) in [4.78, 5) is 14.0. The number of amides is 1. The molecule has 0 bridgehead atoms. The number of likely N-dealkylation sites (N-methyl/N-ethyl adjacent to an activating group) is 1. The Hall–Kier alpha value is 0.240. The summed E-state index contributed by atoms with van der Waals surface area (Å²) in [5.74, 6) is 1.24. The highest BCUT2D eigenvalue weighted by Crippen LogP contribution is 2.32. The third-order valence-corrected chi connectivity index (χ3v) is 4.42. The van der Waals surface area contributed by atoms with Crippen molar-refractivity contribution in [2.24, 2.45) is 0 Å². The smallest absolute Gasteiger partial charge is 0.257 e. The summed E-state index contributed by atoms with van der Waals surface area (Å²) in [6.07, 6.45) is 0.701. The molecule has 0 saturated carbocycles. The molecule has 3 nitrogen and oxygen atoms in total. The second kappa shape index (κ2) is 6.13. The Kier molecular flexibility index (Phi) is 4.99. The zero-order chi connectivity index (χ0) is 13.3. The Morgan fingerprint density at radius 1 is 1.50 bits per heavy atom. The van der Waals surface area contributed by atoms with Gasteiger partial charge in [0.25, 0.3) is 5.91 Å². The van der Waals surface area contributed by atoms with Crippen LogP contribution in [0.4, 0.5) is 0 Å². The van der Waals surface area contributed by atoms with Gasteiger partial charge in [-0.2, -0.15) is 0 Å². The number of benzene rings is 1. The molecule has 0 spiro atoms. The number of fused-ring (bicyclic) bond motifs is 1. The molecule has 1 aliphatic rings. The molecule has 0 saturated heterocycles. The van der Waals surface area contributed by atoms with E-state index < -0.39 is 0 Å². The first kappa shape index (κ1) is 14.6. The molecule has 1 amide bonds. The van der Waals surface area contributed by atoms with Crippen molar-refractivity contribution in [1.29, 1.82) is 0 Å². The largest absolute Gasteiger partial charge is 0.487 e. The molecule has 1 aromatic carbocycles. The SMILES string of the molecule is CN1CC(CCCl)Oc2c(I)cc(I)cc2C1=O. The molecule has 1 aromatic rings. The lowest BCUT2D eigenvalue weighted by molar-refractivity contribution is 0.0759. The third kappa shape index (κ3) is 3.04. The van der Waals surface area contributed by atoms with E-state index in [-0.39, 0.29) is 12.0 Å². The fourth-order valence-electron chi connectivity index (χ4n) is 1.91. The number of carbonyl (C=O) groups is 1. The van der Waals surface area contributed by atoms with Crippen LogP contribution in [0.1, 0.15) is 16.8 Å². The maximum absolute atomic E-state index is 12.3. The number of halogens is 3. The van der Waals surface area contributed by atoms with Gasteiger partial charge in [0.2, 0.25) is 0 Å². The van der Waals surface area contributed by atoms with Gasteiger partial charge in [-0.1, -0.05) is 0 Å². The van der Waals surface area contributed by atoms with E-state index in [4.69, 9.17) is 16.3 Å². The van der Waals surface area contributed by atoms with Crippen molar-refractivity contribution in [2.45, 2.75) is 12.5 Å². The van der Waals surface area contributed by atoms with Crippen LogP contribution < -0.4 is 4.74 Å². The van der Waals surface area contributed by atoms with Crippen LogP contribution >= 0.6 is 56.8 Å². The fourth-order valence-corrected chi connectivity index (χ4v) is 4.12. The van der Waals surface area contributed by atoms with Gasteiger partial charge < -0.3 is 9.64 Å². The Bertz CT molecular complexity index is 481. The molecule has 1 atom stereocenters. The van der Waals surface area contributed by atoms with Gasteiger partial charge in [-0.3, -0.25) is 4.79 Å². The van der Waals surface area contributed by atoms with Gasteiger partial charge in [0.15, 0.2) is 0 Å². The zero-order valence-electron chi connectivity index (χ0n) is 9.75.